The minimum absolute atomic E-state index is 0.00348. The fourth-order valence-corrected chi connectivity index (χ4v) is 2.94. The minimum atomic E-state index is -1.36. The number of ether oxygens (including phenoxy) is 1. The van der Waals surface area contributed by atoms with Crippen LogP contribution >= 0.6 is 0 Å². The number of carbonyl (C=O) groups is 2. The van der Waals surface area contributed by atoms with Crippen molar-refractivity contribution in [3.8, 4) is 5.75 Å². The van der Waals surface area contributed by atoms with Crippen molar-refractivity contribution in [1.29, 1.82) is 0 Å². The molecule has 0 aliphatic rings. The Morgan fingerprint density at radius 1 is 1.38 bits per heavy atom. The van der Waals surface area contributed by atoms with E-state index in [1.54, 1.807) is 13.8 Å². The first-order chi connectivity index (χ1) is 12.2. The van der Waals surface area contributed by atoms with Crippen LogP contribution in [0.5, 0.6) is 5.75 Å². The number of aryl methyl sites for hydroxylation is 2. The zero-order valence-corrected chi connectivity index (χ0v) is 15.0. The smallest absolute Gasteiger partial charge is 0.330 e. The highest BCUT2D eigenvalue weighted by atomic mass is 19.1. The number of halogens is 1. The lowest BCUT2D eigenvalue weighted by atomic mass is 9.95. The Hall–Kier alpha value is -2.90. The third kappa shape index (κ3) is 4.19. The molecule has 0 fully saturated rings. The summed E-state index contributed by atoms with van der Waals surface area (Å²) in [6, 6.07) is 2.40. The van der Waals surface area contributed by atoms with Crippen molar-refractivity contribution < 1.29 is 28.3 Å². The van der Waals surface area contributed by atoms with Crippen LogP contribution in [0.2, 0.25) is 0 Å². The van der Waals surface area contributed by atoms with Crippen molar-refractivity contribution in [2.45, 2.75) is 39.2 Å². The molecular weight excluding hydrogens is 343 g/mol. The molecule has 2 aromatic rings. The van der Waals surface area contributed by atoms with Gasteiger partial charge in [0.2, 0.25) is 5.91 Å². The zero-order chi connectivity index (χ0) is 19.4. The van der Waals surface area contributed by atoms with Gasteiger partial charge >= 0.3 is 5.97 Å². The molecule has 0 saturated heterocycles. The number of hydrogen-bond donors (Lipinski definition) is 2. The lowest BCUT2D eigenvalue weighted by molar-refractivity contribution is -0.142. The Bertz CT molecular complexity index is 798. The molecule has 26 heavy (non-hydrogen) atoms. The number of carboxylic acids is 1. The van der Waals surface area contributed by atoms with E-state index in [1.807, 2.05) is 6.92 Å². The van der Waals surface area contributed by atoms with Gasteiger partial charge in [-0.1, -0.05) is 18.1 Å². The number of aromatic nitrogens is 1. The predicted octanol–water partition coefficient (Wildman–Crippen LogP) is 2.87. The van der Waals surface area contributed by atoms with Crippen LogP contribution in [0.25, 0.3) is 0 Å². The Kier molecular flexibility index (Phi) is 5.97. The Labute approximate surface area is 150 Å². The number of carboxylic acid groups (broad SMARTS) is 1. The normalized spacial score (nSPS) is 13.1. The number of benzene rings is 1. The summed E-state index contributed by atoms with van der Waals surface area (Å²) in [7, 11) is 1.31. The van der Waals surface area contributed by atoms with Crippen molar-refractivity contribution in [2.75, 3.05) is 7.11 Å². The topological polar surface area (TPSA) is 102 Å². The highest BCUT2D eigenvalue weighted by Crippen LogP contribution is 2.27. The van der Waals surface area contributed by atoms with E-state index in [-0.39, 0.29) is 23.7 Å². The largest absolute Gasteiger partial charge is 0.494 e. The lowest BCUT2D eigenvalue weighted by Crippen LogP contribution is -2.34. The highest BCUT2D eigenvalue weighted by molar-refractivity contribution is 5.85. The van der Waals surface area contributed by atoms with Crippen LogP contribution in [-0.2, 0) is 9.59 Å². The van der Waals surface area contributed by atoms with Gasteiger partial charge in [0.1, 0.15) is 5.76 Å². The summed E-state index contributed by atoms with van der Waals surface area (Å²) in [5.41, 5.74) is 1.63. The van der Waals surface area contributed by atoms with Crippen LogP contribution in [0, 0.1) is 19.7 Å². The summed E-state index contributed by atoms with van der Waals surface area (Å²) in [6.45, 7) is 5.36. The maximum absolute atomic E-state index is 13.8. The quantitative estimate of drug-likeness (QED) is 0.783. The molecule has 0 spiro atoms. The number of hydrogen-bond acceptors (Lipinski definition) is 5. The van der Waals surface area contributed by atoms with Gasteiger partial charge in [-0.3, -0.25) is 4.79 Å². The first-order valence-electron chi connectivity index (χ1n) is 8.03. The summed E-state index contributed by atoms with van der Waals surface area (Å²) < 4.78 is 23.8. The highest BCUT2D eigenvalue weighted by Gasteiger charge is 2.25. The number of aliphatic carboxylic acids is 1. The molecule has 1 aromatic heterocycles. The molecule has 2 unspecified atom stereocenters. The van der Waals surface area contributed by atoms with E-state index in [9.17, 15) is 19.1 Å². The maximum atomic E-state index is 13.8. The lowest BCUT2D eigenvalue weighted by Gasteiger charge is -2.17. The van der Waals surface area contributed by atoms with E-state index < -0.39 is 23.7 Å². The van der Waals surface area contributed by atoms with Gasteiger partial charge in [-0.25, -0.2) is 9.18 Å². The molecule has 2 rings (SSSR count). The standard InChI is InChI=1S/C18H21FN2O5/c1-9(16-10(2)21-26-11(16)3)7-15(22)20-17(18(23)24)12-5-6-14(25-4)13(19)8-12/h5-6,8-9,17H,7H2,1-4H3,(H,20,22)(H,23,24). The number of carbonyl (C=O) groups excluding carboxylic acids is 1. The maximum Gasteiger partial charge on any atom is 0.330 e. The summed E-state index contributed by atoms with van der Waals surface area (Å²) in [6.07, 6.45) is 0.0469. The average molecular weight is 364 g/mol. The second-order valence-corrected chi connectivity index (χ2v) is 6.08. The number of amides is 1. The number of nitrogens with zero attached hydrogens (tertiary/aromatic N) is 1. The summed E-state index contributed by atoms with van der Waals surface area (Å²) >= 11 is 0. The predicted molar refractivity (Wildman–Crippen MR) is 90.5 cm³/mol. The van der Waals surface area contributed by atoms with Crippen molar-refractivity contribution in [3.05, 3.63) is 46.6 Å². The molecule has 8 heteroatoms. The third-order valence-corrected chi connectivity index (χ3v) is 4.13. The monoisotopic (exact) mass is 364 g/mol. The molecule has 0 saturated carbocycles. The molecule has 1 heterocycles. The van der Waals surface area contributed by atoms with Crippen LogP contribution in [0.15, 0.2) is 22.7 Å². The molecule has 2 atom stereocenters. The molecule has 0 radical (unpaired) electrons. The van der Waals surface area contributed by atoms with Crippen molar-refractivity contribution in [1.82, 2.24) is 10.5 Å². The van der Waals surface area contributed by atoms with Gasteiger partial charge in [0.25, 0.3) is 0 Å². The fraction of sp³-hybridized carbons (Fsp3) is 0.389. The molecule has 140 valence electrons. The van der Waals surface area contributed by atoms with E-state index in [2.05, 4.69) is 10.5 Å². The number of rotatable bonds is 7. The van der Waals surface area contributed by atoms with E-state index in [0.29, 0.717) is 11.5 Å². The van der Waals surface area contributed by atoms with E-state index in [1.165, 1.54) is 19.2 Å². The van der Waals surface area contributed by atoms with Crippen molar-refractivity contribution in [2.24, 2.45) is 0 Å². The zero-order valence-electron chi connectivity index (χ0n) is 15.0. The van der Waals surface area contributed by atoms with E-state index in [4.69, 9.17) is 9.26 Å². The van der Waals surface area contributed by atoms with Crippen LogP contribution < -0.4 is 10.1 Å². The summed E-state index contributed by atoms with van der Waals surface area (Å²) in [5.74, 6) is -2.04. The number of nitrogens with one attached hydrogen (secondary N) is 1. The van der Waals surface area contributed by atoms with Gasteiger partial charge in [-0.05, 0) is 37.5 Å². The van der Waals surface area contributed by atoms with Gasteiger partial charge in [-0.2, -0.15) is 0 Å². The molecule has 0 bridgehead atoms. The second kappa shape index (κ2) is 7.99. The SMILES string of the molecule is COc1ccc(C(NC(=O)CC(C)c2c(C)noc2C)C(=O)O)cc1F. The summed E-state index contributed by atoms with van der Waals surface area (Å²) in [4.78, 5) is 23.9. The van der Waals surface area contributed by atoms with Gasteiger partial charge in [0.05, 0.1) is 12.8 Å². The molecule has 0 aliphatic heterocycles. The molecule has 2 N–H and O–H groups in total. The van der Waals surface area contributed by atoms with Crippen molar-refractivity contribution in [3.63, 3.8) is 0 Å². The Balaban J connectivity index is 2.13. The van der Waals surface area contributed by atoms with Gasteiger partial charge in [-0.15, -0.1) is 0 Å². The Morgan fingerprint density at radius 3 is 2.58 bits per heavy atom. The average Bonchev–Trinajstić information content (AvgIpc) is 2.91. The molecular formula is C18H21FN2O5. The molecule has 7 nitrogen and oxygen atoms in total. The number of methoxy groups -OCH3 is 1. The van der Waals surface area contributed by atoms with E-state index in [0.717, 1.165) is 11.6 Å². The fourth-order valence-electron chi connectivity index (χ4n) is 2.94. The van der Waals surface area contributed by atoms with Gasteiger partial charge in [0, 0.05) is 12.0 Å². The first kappa shape index (κ1) is 19.4. The molecule has 1 aromatic carbocycles. The van der Waals surface area contributed by atoms with Gasteiger partial charge in [0.15, 0.2) is 17.6 Å². The van der Waals surface area contributed by atoms with Crippen molar-refractivity contribution >= 4 is 11.9 Å². The van der Waals surface area contributed by atoms with Crippen LogP contribution in [0.1, 0.15) is 47.9 Å². The third-order valence-electron chi connectivity index (χ3n) is 4.13. The molecule has 1 amide bonds. The Morgan fingerprint density at radius 2 is 2.08 bits per heavy atom. The first-order valence-corrected chi connectivity index (χ1v) is 8.03. The second-order valence-electron chi connectivity index (χ2n) is 6.08. The minimum Gasteiger partial charge on any atom is -0.494 e. The van der Waals surface area contributed by atoms with Crippen LogP contribution in [0.3, 0.4) is 0 Å². The van der Waals surface area contributed by atoms with E-state index >= 15 is 0 Å². The molecule has 0 aliphatic carbocycles. The van der Waals surface area contributed by atoms with Crippen LogP contribution in [0.4, 0.5) is 4.39 Å². The van der Waals surface area contributed by atoms with Gasteiger partial charge < -0.3 is 19.7 Å². The van der Waals surface area contributed by atoms with Crippen LogP contribution in [-0.4, -0.2) is 29.2 Å². The summed E-state index contributed by atoms with van der Waals surface area (Å²) in [5, 5.41) is 15.7.